The lowest BCUT2D eigenvalue weighted by Gasteiger charge is -2.00. The number of hydrogen-bond donors (Lipinski definition) is 0. The highest BCUT2D eigenvalue weighted by Gasteiger charge is 2.01. The van der Waals surface area contributed by atoms with Crippen LogP contribution in [0.1, 0.15) is 0 Å². The van der Waals surface area contributed by atoms with Gasteiger partial charge in [-0.2, -0.15) is 0 Å². The van der Waals surface area contributed by atoms with Crippen LogP contribution in [-0.2, 0) is 0 Å². The Morgan fingerprint density at radius 2 is 1.86 bits per heavy atom. The molecule has 0 aliphatic carbocycles. The highest BCUT2D eigenvalue weighted by molar-refractivity contribution is 9.10. The van der Waals surface area contributed by atoms with E-state index in [0.29, 0.717) is 0 Å². The summed E-state index contributed by atoms with van der Waals surface area (Å²) in [5, 5.41) is 0. The van der Waals surface area contributed by atoms with Crippen LogP contribution in [0.25, 0.3) is 11.4 Å². The van der Waals surface area contributed by atoms with E-state index in [0.717, 1.165) is 20.5 Å². The minimum atomic E-state index is 0.816. The van der Waals surface area contributed by atoms with Crippen molar-refractivity contribution in [3.63, 3.8) is 0 Å². The second-order valence-corrected chi connectivity index (χ2v) is 4.43. The zero-order chi connectivity index (χ0) is 9.97. The Morgan fingerprint density at radius 1 is 1.00 bits per heavy atom. The topological polar surface area (TPSA) is 25.8 Å². The zero-order valence-electron chi connectivity index (χ0n) is 7.11. The summed E-state index contributed by atoms with van der Waals surface area (Å²) in [6, 6.07) is 9.59. The second kappa shape index (κ2) is 4.19. The Balaban J connectivity index is 2.49. The molecule has 2 aromatic heterocycles. The maximum atomic E-state index is 4.32. The Kier molecular flexibility index (Phi) is 2.93. The van der Waals surface area contributed by atoms with Crippen LogP contribution < -0.4 is 0 Å². The molecular formula is C10H6Br2N2. The molecule has 0 atom stereocenters. The molecule has 0 aliphatic heterocycles. The van der Waals surface area contributed by atoms with E-state index < -0.39 is 0 Å². The van der Waals surface area contributed by atoms with E-state index >= 15 is 0 Å². The number of aromatic nitrogens is 2. The van der Waals surface area contributed by atoms with E-state index in [2.05, 4.69) is 41.8 Å². The Labute approximate surface area is 98.7 Å². The highest BCUT2D eigenvalue weighted by atomic mass is 79.9. The number of hydrogen-bond acceptors (Lipinski definition) is 2. The van der Waals surface area contributed by atoms with Crippen molar-refractivity contribution in [3.8, 4) is 11.4 Å². The van der Waals surface area contributed by atoms with Crippen molar-refractivity contribution in [1.29, 1.82) is 0 Å². The molecule has 0 spiro atoms. The van der Waals surface area contributed by atoms with Gasteiger partial charge in [-0.15, -0.1) is 0 Å². The van der Waals surface area contributed by atoms with E-state index in [4.69, 9.17) is 0 Å². The predicted molar refractivity (Wildman–Crippen MR) is 62.9 cm³/mol. The summed E-state index contributed by atoms with van der Waals surface area (Å²) in [6.45, 7) is 0. The van der Waals surface area contributed by atoms with Crippen LogP contribution in [0.3, 0.4) is 0 Å². The van der Waals surface area contributed by atoms with Crippen LogP contribution >= 0.6 is 31.9 Å². The Morgan fingerprint density at radius 3 is 2.57 bits per heavy atom. The third-order valence-corrected chi connectivity index (χ3v) is 2.63. The molecule has 2 rings (SSSR count). The minimum absolute atomic E-state index is 0.816. The summed E-state index contributed by atoms with van der Waals surface area (Å²) in [7, 11) is 0. The fourth-order valence-electron chi connectivity index (χ4n) is 1.10. The molecule has 0 amide bonds. The molecule has 0 aliphatic rings. The maximum Gasteiger partial charge on any atom is 0.106 e. The predicted octanol–water partition coefficient (Wildman–Crippen LogP) is 3.67. The SMILES string of the molecule is Brc1ccnc(-c2cccc(Br)n2)c1. The van der Waals surface area contributed by atoms with Gasteiger partial charge in [-0.1, -0.05) is 22.0 Å². The van der Waals surface area contributed by atoms with Crippen molar-refractivity contribution in [2.24, 2.45) is 0 Å². The molecule has 0 fully saturated rings. The fourth-order valence-corrected chi connectivity index (χ4v) is 1.77. The molecular weight excluding hydrogens is 308 g/mol. The molecule has 0 bridgehead atoms. The van der Waals surface area contributed by atoms with Crippen molar-refractivity contribution >= 4 is 31.9 Å². The van der Waals surface area contributed by atoms with Crippen molar-refractivity contribution in [2.45, 2.75) is 0 Å². The smallest absolute Gasteiger partial charge is 0.106 e. The molecule has 14 heavy (non-hydrogen) atoms. The first-order chi connectivity index (χ1) is 6.75. The van der Waals surface area contributed by atoms with Gasteiger partial charge < -0.3 is 0 Å². The Hall–Kier alpha value is -0.740. The average molecular weight is 314 g/mol. The third kappa shape index (κ3) is 2.19. The number of rotatable bonds is 1. The summed E-state index contributed by atoms with van der Waals surface area (Å²) < 4.78 is 1.82. The molecule has 0 saturated carbocycles. The van der Waals surface area contributed by atoms with Gasteiger partial charge in [-0.3, -0.25) is 4.98 Å². The summed E-state index contributed by atoms with van der Waals surface area (Å²) in [4.78, 5) is 8.56. The molecule has 2 heterocycles. The molecule has 0 N–H and O–H groups in total. The standard InChI is InChI=1S/C10H6Br2N2/c11-7-4-5-13-9(6-7)8-2-1-3-10(12)14-8/h1-6H. The van der Waals surface area contributed by atoms with Gasteiger partial charge in [0.1, 0.15) is 4.60 Å². The van der Waals surface area contributed by atoms with Gasteiger partial charge in [0.05, 0.1) is 11.4 Å². The normalized spacial score (nSPS) is 10.1. The van der Waals surface area contributed by atoms with E-state index in [-0.39, 0.29) is 0 Å². The van der Waals surface area contributed by atoms with Crippen LogP contribution in [0.2, 0.25) is 0 Å². The molecule has 0 radical (unpaired) electrons. The number of nitrogens with zero attached hydrogens (tertiary/aromatic N) is 2. The van der Waals surface area contributed by atoms with Crippen LogP contribution in [0, 0.1) is 0 Å². The summed E-state index contributed by atoms with van der Waals surface area (Å²) in [5.74, 6) is 0. The first kappa shape index (κ1) is 9.80. The largest absolute Gasteiger partial charge is 0.255 e. The average Bonchev–Trinajstić information content (AvgIpc) is 2.18. The van der Waals surface area contributed by atoms with Crippen molar-refractivity contribution < 1.29 is 0 Å². The van der Waals surface area contributed by atoms with Crippen LogP contribution in [0.15, 0.2) is 45.6 Å². The van der Waals surface area contributed by atoms with Gasteiger partial charge in [0.15, 0.2) is 0 Å². The van der Waals surface area contributed by atoms with Gasteiger partial charge in [-0.25, -0.2) is 4.98 Å². The molecule has 0 unspecified atom stereocenters. The second-order valence-electron chi connectivity index (χ2n) is 2.70. The van der Waals surface area contributed by atoms with Crippen LogP contribution in [-0.4, -0.2) is 9.97 Å². The summed E-state index contributed by atoms with van der Waals surface area (Å²) in [5.41, 5.74) is 1.72. The van der Waals surface area contributed by atoms with E-state index in [9.17, 15) is 0 Å². The van der Waals surface area contributed by atoms with Gasteiger partial charge in [0.25, 0.3) is 0 Å². The first-order valence-corrected chi connectivity index (χ1v) is 5.59. The maximum absolute atomic E-state index is 4.32. The lowest BCUT2D eigenvalue weighted by Crippen LogP contribution is -1.86. The van der Waals surface area contributed by atoms with Gasteiger partial charge in [-0.05, 0) is 40.2 Å². The van der Waals surface area contributed by atoms with E-state index in [1.54, 1.807) is 6.20 Å². The van der Waals surface area contributed by atoms with Crippen LogP contribution in [0.4, 0.5) is 0 Å². The fraction of sp³-hybridized carbons (Fsp3) is 0. The van der Waals surface area contributed by atoms with Crippen molar-refractivity contribution in [2.75, 3.05) is 0 Å². The molecule has 2 nitrogen and oxygen atoms in total. The third-order valence-electron chi connectivity index (χ3n) is 1.70. The lowest BCUT2D eigenvalue weighted by molar-refractivity contribution is 1.22. The quantitative estimate of drug-likeness (QED) is 0.751. The molecule has 0 saturated heterocycles. The lowest BCUT2D eigenvalue weighted by atomic mass is 10.2. The summed E-state index contributed by atoms with van der Waals surface area (Å²) in [6.07, 6.45) is 1.75. The first-order valence-electron chi connectivity index (χ1n) is 4.00. The summed E-state index contributed by atoms with van der Waals surface area (Å²) >= 11 is 6.73. The molecule has 4 heteroatoms. The minimum Gasteiger partial charge on any atom is -0.255 e. The zero-order valence-corrected chi connectivity index (χ0v) is 10.3. The van der Waals surface area contributed by atoms with Gasteiger partial charge >= 0.3 is 0 Å². The molecule has 70 valence electrons. The van der Waals surface area contributed by atoms with Gasteiger partial charge in [0.2, 0.25) is 0 Å². The van der Waals surface area contributed by atoms with Crippen molar-refractivity contribution in [1.82, 2.24) is 9.97 Å². The van der Waals surface area contributed by atoms with Crippen LogP contribution in [0.5, 0.6) is 0 Å². The van der Waals surface area contributed by atoms with Gasteiger partial charge in [0, 0.05) is 10.7 Å². The van der Waals surface area contributed by atoms with Crippen molar-refractivity contribution in [3.05, 3.63) is 45.6 Å². The number of halogens is 2. The van der Waals surface area contributed by atoms with E-state index in [1.165, 1.54) is 0 Å². The van der Waals surface area contributed by atoms with E-state index in [1.807, 2.05) is 30.3 Å². The highest BCUT2D eigenvalue weighted by Crippen LogP contribution is 2.19. The monoisotopic (exact) mass is 312 g/mol. The molecule has 0 aromatic carbocycles. The number of pyridine rings is 2. The molecule has 2 aromatic rings. The Bertz CT molecular complexity index is 414.